The van der Waals surface area contributed by atoms with Crippen LogP contribution in [0.5, 0.6) is 0 Å². The van der Waals surface area contributed by atoms with Gasteiger partial charge in [0, 0.05) is 23.2 Å². The number of nitrogens with one attached hydrogen (secondary N) is 1. The summed E-state index contributed by atoms with van der Waals surface area (Å²) >= 11 is 1.99. The van der Waals surface area contributed by atoms with Crippen LogP contribution in [0.15, 0.2) is 53.4 Å². The molecule has 108 valence electrons. The molecule has 4 rings (SSSR count). The normalized spacial score (nSPS) is 19.9. The maximum Gasteiger partial charge on any atom is 0.0208 e. The fourth-order valence-corrected chi connectivity index (χ4v) is 3.98. The molecule has 2 aliphatic rings. The Morgan fingerprint density at radius 1 is 1.00 bits per heavy atom. The molecule has 1 saturated carbocycles. The maximum atomic E-state index is 3.57. The van der Waals surface area contributed by atoms with Gasteiger partial charge in [-0.2, -0.15) is 0 Å². The van der Waals surface area contributed by atoms with Gasteiger partial charge < -0.3 is 5.32 Å². The van der Waals surface area contributed by atoms with Crippen LogP contribution in [0, 0.1) is 0 Å². The number of thioether (sulfide) groups is 1. The fraction of sp³-hybridized carbons (Fsp3) is 0.368. The summed E-state index contributed by atoms with van der Waals surface area (Å²) in [5.74, 6) is 1.96. The van der Waals surface area contributed by atoms with Crippen molar-refractivity contribution in [3.05, 3.63) is 65.2 Å². The van der Waals surface area contributed by atoms with Gasteiger partial charge in [-0.1, -0.05) is 36.4 Å². The molecule has 0 spiro atoms. The molecular formula is C19H21NS. The molecule has 0 aromatic heterocycles. The van der Waals surface area contributed by atoms with Crippen LogP contribution < -0.4 is 5.32 Å². The van der Waals surface area contributed by atoms with Gasteiger partial charge in [0.1, 0.15) is 0 Å². The Morgan fingerprint density at radius 3 is 2.57 bits per heavy atom. The average Bonchev–Trinajstić information content (AvgIpc) is 3.32. The molecule has 1 atom stereocenters. The first-order chi connectivity index (χ1) is 10.4. The predicted molar refractivity (Wildman–Crippen MR) is 89.9 cm³/mol. The zero-order chi connectivity index (χ0) is 14.1. The van der Waals surface area contributed by atoms with Crippen molar-refractivity contribution in [3.8, 4) is 0 Å². The van der Waals surface area contributed by atoms with Crippen LogP contribution in [0.25, 0.3) is 0 Å². The molecule has 1 fully saturated rings. The zero-order valence-electron chi connectivity index (χ0n) is 12.2. The summed E-state index contributed by atoms with van der Waals surface area (Å²) in [4.78, 5) is 1.40. The van der Waals surface area contributed by atoms with Gasteiger partial charge in [-0.3, -0.25) is 0 Å². The van der Waals surface area contributed by atoms with Gasteiger partial charge in [0.25, 0.3) is 0 Å². The van der Waals surface area contributed by atoms with E-state index < -0.39 is 0 Å². The van der Waals surface area contributed by atoms with E-state index >= 15 is 0 Å². The zero-order valence-corrected chi connectivity index (χ0v) is 13.0. The number of benzene rings is 2. The van der Waals surface area contributed by atoms with Crippen molar-refractivity contribution in [3.63, 3.8) is 0 Å². The Labute approximate surface area is 131 Å². The topological polar surface area (TPSA) is 12.0 Å². The van der Waals surface area contributed by atoms with E-state index in [1.807, 2.05) is 11.8 Å². The Morgan fingerprint density at radius 2 is 1.81 bits per heavy atom. The molecular weight excluding hydrogens is 274 g/mol. The van der Waals surface area contributed by atoms with Crippen LogP contribution in [-0.4, -0.2) is 11.8 Å². The highest BCUT2D eigenvalue weighted by molar-refractivity contribution is 7.99. The third-order valence-corrected chi connectivity index (χ3v) is 5.68. The van der Waals surface area contributed by atoms with Crippen LogP contribution >= 0.6 is 11.8 Å². The van der Waals surface area contributed by atoms with Crippen molar-refractivity contribution in [2.45, 2.75) is 42.7 Å². The second kappa shape index (κ2) is 5.86. The van der Waals surface area contributed by atoms with E-state index in [1.165, 1.54) is 35.5 Å². The van der Waals surface area contributed by atoms with Gasteiger partial charge in [0.05, 0.1) is 0 Å². The van der Waals surface area contributed by atoms with Gasteiger partial charge >= 0.3 is 0 Å². The lowest BCUT2D eigenvalue weighted by molar-refractivity contribution is 0.677. The lowest BCUT2D eigenvalue weighted by Gasteiger charge is -2.29. The summed E-state index contributed by atoms with van der Waals surface area (Å²) in [6.07, 6.45) is 3.97. The minimum atomic E-state index is 0.752. The van der Waals surface area contributed by atoms with Crippen molar-refractivity contribution in [2.75, 3.05) is 5.75 Å². The smallest absolute Gasteiger partial charge is 0.0208 e. The fourth-order valence-electron chi connectivity index (χ4n) is 2.96. The van der Waals surface area contributed by atoms with E-state index in [2.05, 4.69) is 53.8 Å². The second-order valence-corrected chi connectivity index (χ2v) is 7.30. The highest BCUT2D eigenvalue weighted by Crippen LogP contribution is 2.38. The van der Waals surface area contributed by atoms with E-state index in [1.54, 1.807) is 11.1 Å². The number of hydrogen-bond acceptors (Lipinski definition) is 2. The highest BCUT2D eigenvalue weighted by Gasteiger charge is 2.25. The van der Waals surface area contributed by atoms with Gasteiger partial charge in [0.2, 0.25) is 0 Å². The molecule has 0 aliphatic heterocycles. The molecule has 0 heterocycles. The van der Waals surface area contributed by atoms with E-state index in [0.717, 1.165) is 18.5 Å². The molecule has 21 heavy (non-hydrogen) atoms. The molecule has 2 aliphatic carbocycles. The number of hydrogen-bond donors (Lipinski definition) is 1. The minimum Gasteiger partial charge on any atom is -0.310 e. The van der Waals surface area contributed by atoms with Gasteiger partial charge in [0.15, 0.2) is 0 Å². The average molecular weight is 295 g/mol. The monoisotopic (exact) mass is 295 g/mol. The maximum absolute atomic E-state index is 3.57. The molecule has 0 amide bonds. The van der Waals surface area contributed by atoms with E-state index in [9.17, 15) is 0 Å². The molecule has 0 bridgehead atoms. The van der Waals surface area contributed by atoms with Crippen LogP contribution in [0.3, 0.4) is 0 Å². The SMILES string of the molecule is c1ccc2c(c1)CC2CSc1ccc(CNC2CC2)cc1. The summed E-state index contributed by atoms with van der Waals surface area (Å²) in [5.41, 5.74) is 4.51. The van der Waals surface area contributed by atoms with Crippen LogP contribution in [0.1, 0.15) is 35.4 Å². The van der Waals surface area contributed by atoms with Crippen LogP contribution in [0.2, 0.25) is 0 Å². The van der Waals surface area contributed by atoms with Gasteiger partial charge in [-0.05, 0) is 54.0 Å². The van der Waals surface area contributed by atoms with Crippen LogP contribution in [-0.2, 0) is 13.0 Å². The highest BCUT2D eigenvalue weighted by atomic mass is 32.2. The summed E-state index contributed by atoms with van der Waals surface area (Å²) in [5, 5.41) is 3.57. The van der Waals surface area contributed by atoms with Gasteiger partial charge in [-0.15, -0.1) is 11.8 Å². The molecule has 2 aromatic rings. The first-order valence-corrected chi connectivity index (χ1v) is 8.90. The molecule has 2 heteroatoms. The molecule has 1 nitrogen and oxygen atoms in total. The summed E-state index contributed by atoms with van der Waals surface area (Å²) in [7, 11) is 0. The van der Waals surface area contributed by atoms with Crippen molar-refractivity contribution < 1.29 is 0 Å². The lowest BCUT2D eigenvalue weighted by Crippen LogP contribution is -2.18. The summed E-state index contributed by atoms with van der Waals surface area (Å²) in [6.45, 7) is 1.02. The summed E-state index contributed by atoms with van der Waals surface area (Å²) in [6, 6.07) is 18.7. The molecule has 1 N–H and O–H groups in total. The first kappa shape index (κ1) is 13.4. The predicted octanol–water partition coefficient (Wildman–Crippen LogP) is 4.37. The Balaban J connectivity index is 1.29. The minimum absolute atomic E-state index is 0.752. The van der Waals surface area contributed by atoms with E-state index in [0.29, 0.717) is 0 Å². The lowest BCUT2D eigenvalue weighted by atomic mass is 9.79. The third kappa shape index (κ3) is 3.17. The first-order valence-electron chi connectivity index (χ1n) is 7.91. The third-order valence-electron chi connectivity index (χ3n) is 4.51. The number of fused-ring (bicyclic) bond motifs is 1. The van der Waals surface area contributed by atoms with Crippen molar-refractivity contribution in [2.24, 2.45) is 0 Å². The Bertz CT molecular complexity index is 616. The van der Waals surface area contributed by atoms with Crippen molar-refractivity contribution in [1.82, 2.24) is 5.32 Å². The molecule has 1 unspecified atom stereocenters. The summed E-state index contributed by atoms with van der Waals surface area (Å²) < 4.78 is 0. The molecule has 0 radical (unpaired) electrons. The van der Waals surface area contributed by atoms with Crippen LogP contribution in [0.4, 0.5) is 0 Å². The molecule has 0 saturated heterocycles. The standard InChI is InChI=1S/C19H21NS/c1-2-4-19-15(3-1)11-16(19)13-21-18-9-5-14(6-10-18)12-20-17-7-8-17/h1-6,9-10,16-17,20H,7-8,11-13H2. The number of rotatable bonds is 6. The van der Waals surface area contributed by atoms with Crippen molar-refractivity contribution in [1.29, 1.82) is 0 Å². The Kier molecular flexibility index (Phi) is 3.74. The van der Waals surface area contributed by atoms with Gasteiger partial charge in [-0.25, -0.2) is 0 Å². The van der Waals surface area contributed by atoms with E-state index in [-0.39, 0.29) is 0 Å². The van der Waals surface area contributed by atoms with E-state index in [4.69, 9.17) is 0 Å². The Hall–Kier alpha value is -1.25. The van der Waals surface area contributed by atoms with Crippen molar-refractivity contribution >= 4 is 11.8 Å². The largest absolute Gasteiger partial charge is 0.310 e. The quantitative estimate of drug-likeness (QED) is 0.794. The molecule has 2 aromatic carbocycles. The second-order valence-electron chi connectivity index (χ2n) is 6.21.